The standard InChI is InChI=1S/C40H71N2O6P/c1-6-8-10-12-14-16-17-18-19-20-21-22-23-24-25-26-28-30-32-34-40(44)41-38(37-48-49(45,46)47-36-35-42(3,4)5)39(43)33-31-29-27-15-13-11-9-7-2/h8,10,14,16,18-19,21-22,24-25,28,30,38-39,43H,6-7,9,11-13,15,17,20,23,26-27,29,31-37H2,1-5H3,(H-,41,44,45,46)/b10-8-,16-14-,19-18-,22-21-,25-24-,30-28-. The van der Waals surface area contributed by atoms with Crippen LogP contribution in [0.1, 0.15) is 123 Å². The van der Waals surface area contributed by atoms with Gasteiger partial charge in [0.05, 0.1) is 39.9 Å². The molecule has 3 unspecified atom stereocenters. The molecule has 282 valence electrons. The number of allylic oxidation sites excluding steroid dienone is 12. The molecule has 0 saturated heterocycles. The van der Waals surface area contributed by atoms with Gasteiger partial charge in [-0.1, -0.05) is 138 Å². The van der Waals surface area contributed by atoms with Crippen LogP contribution in [0.25, 0.3) is 0 Å². The minimum atomic E-state index is -4.57. The Kier molecular flexibility index (Phi) is 30.5. The molecular weight excluding hydrogens is 635 g/mol. The van der Waals surface area contributed by atoms with Crippen molar-refractivity contribution in [1.29, 1.82) is 0 Å². The van der Waals surface area contributed by atoms with Crippen molar-refractivity contribution in [2.75, 3.05) is 40.9 Å². The third-order valence-corrected chi connectivity index (χ3v) is 8.69. The highest BCUT2D eigenvalue weighted by atomic mass is 31.2. The third kappa shape index (κ3) is 34.2. The van der Waals surface area contributed by atoms with E-state index in [2.05, 4.69) is 79.9 Å². The van der Waals surface area contributed by atoms with Gasteiger partial charge >= 0.3 is 0 Å². The smallest absolute Gasteiger partial charge is 0.268 e. The molecule has 0 aromatic carbocycles. The molecule has 0 spiro atoms. The number of aliphatic hydroxyl groups is 1. The molecule has 0 bridgehead atoms. The second kappa shape index (κ2) is 31.9. The highest BCUT2D eigenvalue weighted by molar-refractivity contribution is 7.45. The van der Waals surface area contributed by atoms with E-state index in [0.717, 1.165) is 57.8 Å². The second-order valence-electron chi connectivity index (χ2n) is 13.5. The Hall–Kier alpha value is -2.06. The Morgan fingerprint density at radius 2 is 1.20 bits per heavy atom. The molecule has 0 aliphatic rings. The van der Waals surface area contributed by atoms with Gasteiger partial charge in [-0.15, -0.1) is 0 Å². The Labute approximate surface area is 300 Å². The summed E-state index contributed by atoms with van der Waals surface area (Å²) in [5.41, 5.74) is 0. The zero-order valence-corrected chi connectivity index (χ0v) is 32.5. The number of carbonyl (C=O) groups excluding carboxylic acids is 1. The van der Waals surface area contributed by atoms with Crippen molar-refractivity contribution in [3.63, 3.8) is 0 Å². The molecule has 3 atom stereocenters. The van der Waals surface area contributed by atoms with E-state index >= 15 is 0 Å². The van der Waals surface area contributed by atoms with Crippen LogP contribution in [-0.2, 0) is 18.4 Å². The molecule has 0 aromatic heterocycles. The normalized spacial score (nSPS) is 15.5. The van der Waals surface area contributed by atoms with E-state index in [4.69, 9.17) is 9.05 Å². The molecule has 0 radical (unpaired) electrons. The monoisotopic (exact) mass is 707 g/mol. The van der Waals surface area contributed by atoms with Gasteiger partial charge in [-0.25, -0.2) is 0 Å². The van der Waals surface area contributed by atoms with E-state index in [1.165, 1.54) is 32.1 Å². The van der Waals surface area contributed by atoms with Gasteiger partial charge in [0.15, 0.2) is 0 Å². The SMILES string of the molecule is CC/C=C\C/C=C\C/C=C\C/C=C\C/C=C\C/C=C\CCC(=O)NC(COP(=O)([O-])OCC[N+](C)(C)C)C(O)CCCCCCCCCC. The molecule has 0 rings (SSSR count). The first kappa shape index (κ1) is 46.9. The molecule has 2 N–H and O–H groups in total. The van der Waals surface area contributed by atoms with Crippen LogP contribution in [0.3, 0.4) is 0 Å². The van der Waals surface area contributed by atoms with Crippen molar-refractivity contribution in [2.45, 2.75) is 135 Å². The van der Waals surface area contributed by atoms with E-state index in [0.29, 0.717) is 23.9 Å². The van der Waals surface area contributed by atoms with Gasteiger partial charge in [-0.2, -0.15) is 0 Å². The third-order valence-electron chi connectivity index (χ3n) is 7.72. The van der Waals surface area contributed by atoms with Gasteiger partial charge in [-0.3, -0.25) is 9.36 Å². The summed E-state index contributed by atoms with van der Waals surface area (Å²) in [4.78, 5) is 25.1. The Bertz CT molecular complexity index is 1030. The van der Waals surface area contributed by atoms with Crippen LogP contribution >= 0.6 is 7.82 Å². The van der Waals surface area contributed by atoms with E-state index in [-0.39, 0.29) is 25.5 Å². The van der Waals surface area contributed by atoms with Gasteiger partial charge in [0.2, 0.25) is 5.91 Å². The number of rotatable bonds is 32. The topological polar surface area (TPSA) is 108 Å². The molecule has 49 heavy (non-hydrogen) atoms. The summed E-state index contributed by atoms with van der Waals surface area (Å²) in [5, 5.41) is 13.7. The number of carbonyl (C=O) groups is 1. The minimum absolute atomic E-state index is 0.00588. The number of phosphoric ester groups is 1. The Morgan fingerprint density at radius 1 is 0.735 bits per heavy atom. The molecule has 0 fully saturated rings. The summed E-state index contributed by atoms with van der Waals surface area (Å²) in [6.45, 7) is 4.47. The highest BCUT2D eigenvalue weighted by Gasteiger charge is 2.24. The maximum atomic E-state index is 12.7. The average molecular weight is 707 g/mol. The predicted octanol–water partition coefficient (Wildman–Crippen LogP) is 9.05. The number of hydrogen-bond donors (Lipinski definition) is 2. The lowest BCUT2D eigenvalue weighted by Gasteiger charge is -2.30. The van der Waals surface area contributed by atoms with Crippen LogP contribution in [-0.4, -0.2) is 68.5 Å². The number of nitrogens with one attached hydrogen (secondary N) is 1. The van der Waals surface area contributed by atoms with Crippen LogP contribution in [0.15, 0.2) is 72.9 Å². The lowest BCUT2D eigenvalue weighted by Crippen LogP contribution is -2.46. The summed E-state index contributed by atoms with van der Waals surface area (Å²) in [7, 11) is 1.24. The Morgan fingerprint density at radius 3 is 1.69 bits per heavy atom. The first-order chi connectivity index (χ1) is 23.5. The molecule has 9 heteroatoms. The number of likely N-dealkylation sites (N-methyl/N-ethyl adjacent to an activating group) is 1. The highest BCUT2D eigenvalue weighted by Crippen LogP contribution is 2.38. The zero-order valence-electron chi connectivity index (χ0n) is 31.6. The van der Waals surface area contributed by atoms with Gasteiger partial charge in [0, 0.05) is 6.42 Å². The number of unbranched alkanes of at least 4 members (excludes halogenated alkanes) is 7. The van der Waals surface area contributed by atoms with Crippen LogP contribution < -0.4 is 10.2 Å². The number of quaternary nitrogens is 1. The lowest BCUT2D eigenvalue weighted by atomic mass is 10.0. The summed E-state index contributed by atoms with van der Waals surface area (Å²) in [5.74, 6) is -0.255. The van der Waals surface area contributed by atoms with Gasteiger partial charge in [0.1, 0.15) is 13.2 Å². The fourth-order valence-corrected chi connectivity index (χ4v) is 5.43. The molecule has 0 saturated carbocycles. The van der Waals surface area contributed by atoms with Crippen LogP contribution in [0.5, 0.6) is 0 Å². The predicted molar refractivity (Wildman–Crippen MR) is 205 cm³/mol. The number of amides is 1. The zero-order chi connectivity index (χ0) is 36.5. The van der Waals surface area contributed by atoms with Crippen molar-refractivity contribution in [3.05, 3.63) is 72.9 Å². The number of hydrogen-bond acceptors (Lipinski definition) is 6. The van der Waals surface area contributed by atoms with Crippen molar-refractivity contribution in [3.8, 4) is 0 Å². The molecule has 8 nitrogen and oxygen atoms in total. The van der Waals surface area contributed by atoms with Crippen molar-refractivity contribution < 1.29 is 32.9 Å². The van der Waals surface area contributed by atoms with Crippen molar-refractivity contribution >= 4 is 13.7 Å². The first-order valence-electron chi connectivity index (χ1n) is 18.8. The fourth-order valence-electron chi connectivity index (χ4n) is 4.71. The largest absolute Gasteiger partial charge is 0.756 e. The number of phosphoric acid groups is 1. The van der Waals surface area contributed by atoms with E-state index in [1.807, 2.05) is 33.3 Å². The lowest BCUT2D eigenvalue weighted by molar-refractivity contribution is -0.870. The van der Waals surface area contributed by atoms with E-state index in [1.54, 1.807) is 0 Å². The van der Waals surface area contributed by atoms with E-state index < -0.39 is 20.0 Å². The van der Waals surface area contributed by atoms with Crippen molar-refractivity contribution in [2.24, 2.45) is 0 Å². The average Bonchev–Trinajstić information content (AvgIpc) is 3.04. The quantitative estimate of drug-likeness (QED) is 0.0313. The van der Waals surface area contributed by atoms with Crippen LogP contribution in [0.2, 0.25) is 0 Å². The molecule has 0 heterocycles. The summed E-state index contributed by atoms with van der Waals surface area (Å²) < 4.78 is 23.0. The fraction of sp³-hybridized carbons (Fsp3) is 0.675. The molecular formula is C40H71N2O6P. The van der Waals surface area contributed by atoms with Gasteiger partial charge in [0.25, 0.3) is 7.82 Å². The second-order valence-corrected chi connectivity index (χ2v) is 15.0. The van der Waals surface area contributed by atoms with Gasteiger partial charge < -0.3 is 28.8 Å². The van der Waals surface area contributed by atoms with Crippen molar-refractivity contribution in [1.82, 2.24) is 5.32 Å². The number of nitrogens with zero attached hydrogens (tertiary/aromatic N) is 1. The molecule has 0 aliphatic heterocycles. The Balaban J connectivity index is 4.56. The molecule has 0 aromatic rings. The maximum Gasteiger partial charge on any atom is 0.268 e. The summed E-state index contributed by atoms with van der Waals surface area (Å²) >= 11 is 0. The molecule has 1 amide bonds. The number of aliphatic hydroxyl groups excluding tert-OH is 1. The minimum Gasteiger partial charge on any atom is -0.756 e. The summed E-state index contributed by atoms with van der Waals surface area (Å²) in [6, 6.07) is -0.841. The van der Waals surface area contributed by atoms with Gasteiger partial charge in [-0.05, 0) is 51.4 Å². The molecule has 0 aliphatic carbocycles. The van der Waals surface area contributed by atoms with Crippen LogP contribution in [0.4, 0.5) is 0 Å². The first-order valence-corrected chi connectivity index (χ1v) is 20.2. The van der Waals surface area contributed by atoms with Crippen LogP contribution in [0, 0.1) is 0 Å². The maximum absolute atomic E-state index is 12.7. The van der Waals surface area contributed by atoms with E-state index in [9.17, 15) is 19.4 Å². The summed E-state index contributed by atoms with van der Waals surface area (Å²) in [6.07, 6.45) is 40.7.